The Labute approximate surface area is 208 Å². The average Bonchev–Trinajstić information content (AvgIpc) is 2.83. The number of benzene rings is 4. The van der Waals surface area contributed by atoms with Crippen LogP contribution in [-0.2, 0) is 11.4 Å². The van der Waals surface area contributed by atoms with Gasteiger partial charge in [0.25, 0.3) is 5.91 Å². The van der Waals surface area contributed by atoms with Gasteiger partial charge in [0.05, 0.1) is 6.21 Å². The van der Waals surface area contributed by atoms with Gasteiger partial charge in [-0.25, -0.2) is 5.43 Å². The maximum absolute atomic E-state index is 12.4. The molecule has 0 aliphatic rings. The molecule has 1 amide bonds. The molecular formula is C26H20Br2N2O3. The Morgan fingerprint density at radius 3 is 2.55 bits per heavy atom. The van der Waals surface area contributed by atoms with E-state index in [1.54, 1.807) is 30.5 Å². The van der Waals surface area contributed by atoms with Gasteiger partial charge >= 0.3 is 0 Å². The minimum Gasteiger partial charge on any atom is -0.488 e. The quantitative estimate of drug-likeness (QED) is 0.208. The summed E-state index contributed by atoms with van der Waals surface area (Å²) in [5, 5.41) is 16.4. The number of halogens is 2. The highest BCUT2D eigenvalue weighted by Crippen LogP contribution is 2.28. The Morgan fingerprint density at radius 2 is 1.76 bits per heavy atom. The van der Waals surface area contributed by atoms with Crippen molar-refractivity contribution in [1.82, 2.24) is 5.43 Å². The van der Waals surface area contributed by atoms with E-state index in [-0.39, 0.29) is 0 Å². The normalized spacial score (nSPS) is 12.1. The number of fused-ring (bicyclic) bond motifs is 1. The number of hydrazone groups is 1. The second-order valence-corrected chi connectivity index (χ2v) is 9.14. The van der Waals surface area contributed by atoms with E-state index < -0.39 is 12.0 Å². The molecule has 0 fully saturated rings. The zero-order valence-corrected chi connectivity index (χ0v) is 20.6. The van der Waals surface area contributed by atoms with Gasteiger partial charge in [0.2, 0.25) is 0 Å². The summed E-state index contributed by atoms with van der Waals surface area (Å²) in [5.74, 6) is 0.0190. The first-order valence-corrected chi connectivity index (χ1v) is 11.8. The van der Waals surface area contributed by atoms with Crippen LogP contribution in [0.3, 0.4) is 0 Å². The van der Waals surface area contributed by atoms with Crippen LogP contribution in [0.2, 0.25) is 0 Å². The topological polar surface area (TPSA) is 70.9 Å². The van der Waals surface area contributed by atoms with Crippen molar-refractivity contribution in [3.05, 3.63) is 111 Å². The van der Waals surface area contributed by atoms with Crippen molar-refractivity contribution in [2.75, 3.05) is 0 Å². The highest BCUT2D eigenvalue weighted by molar-refractivity contribution is 9.10. The van der Waals surface area contributed by atoms with E-state index in [0.29, 0.717) is 17.9 Å². The van der Waals surface area contributed by atoms with Crippen LogP contribution in [0.1, 0.15) is 22.8 Å². The smallest absolute Gasteiger partial charge is 0.273 e. The van der Waals surface area contributed by atoms with Crippen molar-refractivity contribution in [3.63, 3.8) is 0 Å². The summed E-state index contributed by atoms with van der Waals surface area (Å²) in [7, 11) is 0. The van der Waals surface area contributed by atoms with E-state index in [9.17, 15) is 9.90 Å². The SMILES string of the molecule is O=C(N/N=C\c1c(OCc2cccc(Br)c2)ccc2ccccc12)[C@H](O)c1ccc(Br)cc1. The molecule has 0 spiro atoms. The third-order valence-electron chi connectivity index (χ3n) is 5.02. The van der Waals surface area contributed by atoms with Crippen molar-refractivity contribution < 1.29 is 14.6 Å². The van der Waals surface area contributed by atoms with Crippen LogP contribution in [0.4, 0.5) is 0 Å². The van der Waals surface area contributed by atoms with Gasteiger partial charge in [0.15, 0.2) is 6.10 Å². The molecule has 0 bridgehead atoms. The van der Waals surface area contributed by atoms with Gasteiger partial charge in [0.1, 0.15) is 12.4 Å². The van der Waals surface area contributed by atoms with Crippen molar-refractivity contribution in [2.24, 2.45) is 5.10 Å². The fourth-order valence-corrected chi connectivity index (χ4v) is 4.05. The van der Waals surface area contributed by atoms with Crippen molar-refractivity contribution >= 4 is 54.8 Å². The minimum absolute atomic E-state index is 0.382. The third-order valence-corrected chi connectivity index (χ3v) is 6.04. The first kappa shape index (κ1) is 23.2. The summed E-state index contributed by atoms with van der Waals surface area (Å²) < 4.78 is 7.94. The van der Waals surface area contributed by atoms with E-state index >= 15 is 0 Å². The first-order chi connectivity index (χ1) is 16.0. The monoisotopic (exact) mass is 566 g/mol. The standard InChI is InChI=1S/C26H20Br2N2O3/c27-20-11-8-19(9-12-20)25(31)26(32)30-29-15-23-22-7-2-1-5-18(22)10-13-24(23)33-16-17-4-3-6-21(28)14-17/h1-15,25,31H,16H2,(H,30,32)/b29-15-/t25-/m1/s1. The zero-order valence-electron chi connectivity index (χ0n) is 17.4. The second-order valence-electron chi connectivity index (χ2n) is 7.31. The molecule has 4 aromatic carbocycles. The largest absolute Gasteiger partial charge is 0.488 e. The molecule has 7 heteroatoms. The maximum atomic E-state index is 12.4. The van der Waals surface area contributed by atoms with Gasteiger partial charge < -0.3 is 9.84 Å². The van der Waals surface area contributed by atoms with Crippen LogP contribution in [0, 0.1) is 0 Å². The van der Waals surface area contributed by atoms with Gasteiger partial charge in [-0.1, -0.05) is 86.5 Å². The van der Waals surface area contributed by atoms with Crippen molar-refractivity contribution in [1.29, 1.82) is 0 Å². The van der Waals surface area contributed by atoms with Crippen LogP contribution >= 0.6 is 31.9 Å². The van der Waals surface area contributed by atoms with Crippen LogP contribution in [0.5, 0.6) is 5.75 Å². The number of aliphatic hydroxyl groups excluding tert-OH is 1. The molecule has 0 heterocycles. The number of aliphatic hydroxyl groups is 1. The third kappa shape index (κ3) is 5.87. The molecule has 33 heavy (non-hydrogen) atoms. The molecule has 2 N–H and O–H groups in total. The molecule has 0 aromatic heterocycles. The number of carbonyl (C=O) groups is 1. The number of hydrogen-bond donors (Lipinski definition) is 2. The number of carbonyl (C=O) groups excluding carboxylic acids is 1. The number of hydrogen-bond acceptors (Lipinski definition) is 4. The molecule has 0 unspecified atom stereocenters. The number of amides is 1. The zero-order chi connectivity index (χ0) is 23.2. The van der Waals surface area contributed by atoms with Gasteiger partial charge in [-0.2, -0.15) is 5.10 Å². The predicted molar refractivity (Wildman–Crippen MR) is 137 cm³/mol. The lowest BCUT2D eigenvalue weighted by Crippen LogP contribution is -2.25. The van der Waals surface area contributed by atoms with E-state index in [0.717, 1.165) is 30.8 Å². The maximum Gasteiger partial charge on any atom is 0.273 e. The minimum atomic E-state index is -1.32. The number of rotatable bonds is 7. The first-order valence-electron chi connectivity index (χ1n) is 10.2. The summed E-state index contributed by atoms with van der Waals surface area (Å²) in [6.45, 7) is 0.382. The Morgan fingerprint density at radius 1 is 0.970 bits per heavy atom. The lowest BCUT2D eigenvalue weighted by Gasteiger charge is -2.12. The Hall–Kier alpha value is -3.00. The lowest BCUT2D eigenvalue weighted by atomic mass is 10.0. The molecule has 1 atom stereocenters. The molecule has 166 valence electrons. The van der Waals surface area contributed by atoms with Crippen LogP contribution < -0.4 is 10.2 Å². The van der Waals surface area contributed by atoms with E-state index in [2.05, 4.69) is 42.4 Å². The molecule has 0 saturated heterocycles. The average molecular weight is 568 g/mol. The van der Waals surface area contributed by atoms with Gasteiger partial charge in [-0.3, -0.25) is 4.79 Å². The number of ether oxygens (including phenoxy) is 1. The number of nitrogens with one attached hydrogen (secondary N) is 1. The summed E-state index contributed by atoms with van der Waals surface area (Å²) in [4.78, 5) is 12.4. The molecule has 0 radical (unpaired) electrons. The van der Waals surface area contributed by atoms with E-state index in [1.165, 1.54) is 0 Å². The van der Waals surface area contributed by atoms with Gasteiger partial charge in [-0.05, 0) is 52.2 Å². The second kappa shape index (κ2) is 10.7. The number of nitrogens with zero attached hydrogens (tertiary/aromatic N) is 1. The fraction of sp³-hybridized carbons (Fsp3) is 0.0769. The summed E-state index contributed by atoms with van der Waals surface area (Å²) in [5.41, 5.74) is 4.66. The van der Waals surface area contributed by atoms with Crippen LogP contribution in [-0.4, -0.2) is 17.2 Å². The van der Waals surface area contributed by atoms with Crippen LogP contribution in [0.25, 0.3) is 10.8 Å². The summed E-state index contributed by atoms with van der Waals surface area (Å²) in [6, 6.07) is 26.5. The molecular weight excluding hydrogens is 548 g/mol. The molecule has 0 aliphatic heterocycles. The van der Waals surface area contributed by atoms with Crippen LogP contribution in [0.15, 0.2) is 99.0 Å². The molecule has 4 rings (SSSR count). The summed E-state index contributed by atoms with van der Waals surface area (Å²) in [6.07, 6.45) is 0.222. The highest BCUT2D eigenvalue weighted by atomic mass is 79.9. The predicted octanol–water partition coefficient (Wildman–Crippen LogP) is 6.13. The Balaban J connectivity index is 1.54. The summed E-state index contributed by atoms with van der Waals surface area (Å²) >= 11 is 6.81. The fourth-order valence-electron chi connectivity index (χ4n) is 3.34. The molecule has 4 aromatic rings. The van der Waals surface area contributed by atoms with E-state index in [1.807, 2.05) is 60.7 Å². The van der Waals surface area contributed by atoms with Crippen molar-refractivity contribution in [2.45, 2.75) is 12.7 Å². The molecule has 5 nitrogen and oxygen atoms in total. The highest BCUT2D eigenvalue weighted by Gasteiger charge is 2.16. The Bertz CT molecular complexity index is 1310. The lowest BCUT2D eigenvalue weighted by molar-refractivity contribution is -0.129. The molecule has 0 saturated carbocycles. The van der Waals surface area contributed by atoms with E-state index in [4.69, 9.17) is 4.74 Å². The molecule has 0 aliphatic carbocycles. The van der Waals surface area contributed by atoms with Crippen molar-refractivity contribution in [3.8, 4) is 5.75 Å². The Kier molecular flexibility index (Phi) is 7.54. The van der Waals surface area contributed by atoms with Gasteiger partial charge in [-0.15, -0.1) is 0 Å². The van der Waals surface area contributed by atoms with Gasteiger partial charge in [0, 0.05) is 14.5 Å².